The van der Waals surface area contributed by atoms with E-state index in [4.69, 9.17) is 11.6 Å². The van der Waals surface area contributed by atoms with E-state index in [0.717, 1.165) is 5.02 Å². The summed E-state index contributed by atoms with van der Waals surface area (Å²) >= 11 is 6.05. The van der Waals surface area contributed by atoms with Crippen molar-refractivity contribution in [3.8, 4) is 0 Å². The molecule has 1 aliphatic carbocycles. The molecule has 18 heavy (non-hydrogen) atoms. The summed E-state index contributed by atoms with van der Waals surface area (Å²) in [6, 6.07) is 9.19. The molecule has 1 aromatic carbocycles. The molecular weight excluding hydrogens is 242 g/mol. The fourth-order valence-corrected chi connectivity index (χ4v) is 3.26. The minimum atomic E-state index is 0.377. The first-order chi connectivity index (χ1) is 8.46. The van der Waals surface area contributed by atoms with Gasteiger partial charge in [0.2, 0.25) is 0 Å². The number of hydrogen-bond donors (Lipinski definition) is 1. The normalized spacial score (nSPS) is 24.8. The maximum atomic E-state index is 6.05. The Kier molecular flexibility index (Phi) is 4.34. The van der Waals surface area contributed by atoms with E-state index in [-0.39, 0.29) is 0 Å². The van der Waals surface area contributed by atoms with Crippen LogP contribution in [0.3, 0.4) is 0 Å². The molecule has 1 unspecified atom stereocenters. The molecule has 0 aromatic heterocycles. The van der Waals surface area contributed by atoms with Crippen LogP contribution in [-0.4, -0.2) is 6.04 Å². The predicted octanol–water partition coefficient (Wildman–Crippen LogP) is 4.96. The van der Waals surface area contributed by atoms with Crippen molar-refractivity contribution >= 4 is 11.6 Å². The highest BCUT2D eigenvalue weighted by molar-refractivity contribution is 6.30. The van der Waals surface area contributed by atoms with E-state index in [1.54, 1.807) is 0 Å². The monoisotopic (exact) mass is 265 g/mol. The zero-order chi connectivity index (χ0) is 13.2. The quantitative estimate of drug-likeness (QED) is 0.815. The number of benzene rings is 1. The van der Waals surface area contributed by atoms with Crippen LogP contribution in [-0.2, 0) is 0 Å². The van der Waals surface area contributed by atoms with Crippen molar-refractivity contribution in [2.45, 2.75) is 58.5 Å². The second kappa shape index (κ2) is 5.63. The summed E-state index contributed by atoms with van der Waals surface area (Å²) in [5.74, 6) is 0. The lowest BCUT2D eigenvalue weighted by Crippen LogP contribution is -2.38. The Labute approximate surface area is 116 Å². The SMILES string of the molecule is C[C@H](NC1CCCC(C)(C)C1)c1cccc(Cl)c1. The van der Waals surface area contributed by atoms with Gasteiger partial charge in [-0.2, -0.15) is 0 Å². The van der Waals surface area contributed by atoms with Gasteiger partial charge >= 0.3 is 0 Å². The highest BCUT2D eigenvalue weighted by Gasteiger charge is 2.28. The van der Waals surface area contributed by atoms with Gasteiger partial charge in [-0.25, -0.2) is 0 Å². The van der Waals surface area contributed by atoms with E-state index in [1.807, 2.05) is 12.1 Å². The molecule has 0 radical (unpaired) electrons. The van der Waals surface area contributed by atoms with Crippen LogP contribution in [0.2, 0.25) is 5.02 Å². The molecule has 1 N–H and O–H groups in total. The Morgan fingerprint density at radius 2 is 2.17 bits per heavy atom. The zero-order valence-corrected chi connectivity index (χ0v) is 12.4. The lowest BCUT2D eigenvalue weighted by atomic mass is 9.75. The average Bonchev–Trinajstić information content (AvgIpc) is 2.27. The van der Waals surface area contributed by atoms with Gasteiger partial charge in [0.1, 0.15) is 0 Å². The van der Waals surface area contributed by atoms with Gasteiger partial charge in [-0.15, -0.1) is 0 Å². The van der Waals surface area contributed by atoms with E-state index in [2.05, 4.69) is 38.2 Å². The second-order valence-corrected chi connectivity index (χ2v) is 6.84. The predicted molar refractivity (Wildman–Crippen MR) is 79.0 cm³/mol. The number of halogens is 1. The summed E-state index contributed by atoms with van der Waals surface area (Å²) in [6.07, 6.45) is 5.27. The van der Waals surface area contributed by atoms with E-state index in [9.17, 15) is 0 Å². The molecule has 1 nitrogen and oxygen atoms in total. The molecule has 2 atom stereocenters. The van der Waals surface area contributed by atoms with Crippen LogP contribution in [0.15, 0.2) is 24.3 Å². The number of hydrogen-bond acceptors (Lipinski definition) is 1. The summed E-state index contributed by atoms with van der Waals surface area (Å²) in [6.45, 7) is 6.99. The first-order valence-electron chi connectivity index (χ1n) is 6.98. The molecule has 1 fully saturated rings. The topological polar surface area (TPSA) is 12.0 Å². The van der Waals surface area contributed by atoms with Crippen LogP contribution in [0.1, 0.15) is 58.1 Å². The summed E-state index contributed by atoms with van der Waals surface area (Å²) in [4.78, 5) is 0. The van der Waals surface area contributed by atoms with E-state index in [0.29, 0.717) is 17.5 Å². The summed E-state index contributed by atoms with van der Waals surface area (Å²) < 4.78 is 0. The van der Waals surface area contributed by atoms with Crippen molar-refractivity contribution < 1.29 is 0 Å². The molecule has 1 aliphatic rings. The molecule has 1 aromatic rings. The van der Waals surface area contributed by atoms with Gasteiger partial charge < -0.3 is 5.32 Å². The third-order valence-electron chi connectivity index (χ3n) is 4.04. The molecule has 2 rings (SSSR count). The molecule has 0 heterocycles. The Morgan fingerprint density at radius 1 is 1.39 bits per heavy atom. The fourth-order valence-electron chi connectivity index (χ4n) is 3.07. The van der Waals surface area contributed by atoms with Crippen LogP contribution in [0.4, 0.5) is 0 Å². The summed E-state index contributed by atoms with van der Waals surface area (Å²) in [5, 5.41) is 4.58. The van der Waals surface area contributed by atoms with E-state index < -0.39 is 0 Å². The van der Waals surface area contributed by atoms with E-state index >= 15 is 0 Å². The minimum absolute atomic E-state index is 0.377. The van der Waals surface area contributed by atoms with Gasteiger partial charge in [0.05, 0.1) is 0 Å². The maximum absolute atomic E-state index is 6.05. The molecule has 0 spiro atoms. The molecule has 0 amide bonds. The van der Waals surface area contributed by atoms with Crippen LogP contribution in [0, 0.1) is 5.41 Å². The van der Waals surface area contributed by atoms with Crippen molar-refractivity contribution in [3.63, 3.8) is 0 Å². The van der Waals surface area contributed by atoms with Gasteiger partial charge in [0.25, 0.3) is 0 Å². The minimum Gasteiger partial charge on any atom is -0.307 e. The van der Waals surface area contributed by atoms with Gasteiger partial charge in [-0.05, 0) is 49.3 Å². The van der Waals surface area contributed by atoms with Crippen molar-refractivity contribution in [3.05, 3.63) is 34.9 Å². The van der Waals surface area contributed by atoms with Gasteiger partial charge in [-0.1, -0.05) is 44.0 Å². The highest BCUT2D eigenvalue weighted by atomic mass is 35.5. The number of nitrogens with one attached hydrogen (secondary N) is 1. The Morgan fingerprint density at radius 3 is 2.83 bits per heavy atom. The van der Waals surface area contributed by atoms with Crippen LogP contribution in [0.25, 0.3) is 0 Å². The van der Waals surface area contributed by atoms with Crippen molar-refractivity contribution in [1.82, 2.24) is 5.32 Å². The largest absolute Gasteiger partial charge is 0.307 e. The maximum Gasteiger partial charge on any atom is 0.0409 e. The standard InChI is InChI=1S/C16H24ClN/c1-12(13-6-4-7-14(17)10-13)18-15-8-5-9-16(2,3)11-15/h4,6-7,10,12,15,18H,5,8-9,11H2,1-3H3/t12-,15?/m0/s1. The first-order valence-corrected chi connectivity index (χ1v) is 7.36. The Bertz CT molecular complexity index is 400. The Balaban J connectivity index is 1.97. The summed E-state index contributed by atoms with van der Waals surface area (Å²) in [7, 11) is 0. The van der Waals surface area contributed by atoms with Crippen LogP contribution in [0.5, 0.6) is 0 Å². The second-order valence-electron chi connectivity index (χ2n) is 6.40. The number of rotatable bonds is 3. The smallest absolute Gasteiger partial charge is 0.0409 e. The molecule has 100 valence electrons. The van der Waals surface area contributed by atoms with Gasteiger partial charge in [0, 0.05) is 17.1 Å². The third kappa shape index (κ3) is 3.73. The van der Waals surface area contributed by atoms with Gasteiger partial charge in [0.15, 0.2) is 0 Å². The van der Waals surface area contributed by atoms with Crippen molar-refractivity contribution in [1.29, 1.82) is 0 Å². The lowest BCUT2D eigenvalue weighted by Gasteiger charge is -2.37. The zero-order valence-electron chi connectivity index (χ0n) is 11.7. The molecule has 2 heteroatoms. The molecule has 1 saturated carbocycles. The Hall–Kier alpha value is -0.530. The molecular formula is C16H24ClN. The molecule has 0 bridgehead atoms. The highest BCUT2D eigenvalue weighted by Crippen LogP contribution is 2.36. The average molecular weight is 266 g/mol. The summed E-state index contributed by atoms with van der Waals surface area (Å²) in [5.41, 5.74) is 1.77. The fraction of sp³-hybridized carbons (Fsp3) is 0.625. The first kappa shape index (κ1) is 13.9. The lowest BCUT2D eigenvalue weighted by molar-refractivity contribution is 0.191. The van der Waals surface area contributed by atoms with Crippen molar-refractivity contribution in [2.24, 2.45) is 5.41 Å². The molecule has 0 aliphatic heterocycles. The van der Waals surface area contributed by atoms with E-state index in [1.165, 1.54) is 31.2 Å². The molecule has 0 saturated heterocycles. The van der Waals surface area contributed by atoms with Crippen LogP contribution >= 0.6 is 11.6 Å². The van der Waals surface area contributed by atoms with Crippen molar-refractivity contribution in [2.75, 3.05) is 0 Å². The van der Waals surface area contributed by atoms with Gasteiger partial charge in [-0.3, -0.25) is 0 Å². The third-order valence-corrected chi connectivity index (χ3v) is 4.27. The van der Waals surface area contributed by atoms with Crippen LogP contribution < -0.4 is 5.32 Å².